The average molecular weight is 238 g/mol. The first kappa shape index (κ1) is 13.8. The van der Waals surface area contributed by atoms with E-state index >= 15 is 0 Å². The Labute approximate surface area is 93.5 Å². The molecular formula is C10H19FO5. The van der Waals surface area contributed by atoms with E-state index in [0.717, 1.165) is 6.92 Å². The summed E-state index contributed by atoms with van der Waals surface area (Å²) in [5, 5.41) is 37.9. The van der Waals surface area contributed by atoms with Crippen LogP contribution in [0, 0.1) is 0 Å². The van der Waals surface area contributed by atoms with Gasteiger partial charge >= 0.3 is 0 Å². The molecule has 4 N–H and O–H groups in total. The van der Waals surface area contributed by atoms with E-state index in [4.69, 9.17) is 9.84 Å². The number of ether oxygens (including phenoxy) is 1. The van der Waals surface area contributed by atoms with Crippen LogP contribution in [0.1, 0.15) is 26.7 Å². The lowest BCUT2D eigenvalue weighted by molar-refractivity contribution is -0.348. The maximum Gasteiger partial charge on any atom is 0.203 e. The highest BCUT2D eigenvalue weighted by molar-refractivity contribution is 4.98. The Morgan fingerprint density at radius 3 is 2.50 bits per heavy atom. The summed E-state index contributed by atoms with van der Waals surface area (Å²) in [6.07, 6.45) is -4.26. The van der Waals surface area contributed by atoms with E-state index in [0.29, 0.717) is 0 Å². The quantitative estimate of drug-likeness (QED) is 0.523. The van der Waals surface area contributed by atoms with Crippen molar-refractivity contribution in [2.45, 2.75) is 56.5 Å². The minimum absolute atomic E-state index is 0.00946. The van der Waals surface area contributed by atoms with Gasteiger partial charge in [-0.05, 0) is 13.3 Å². The predicted molar refractivity (Wildman–Crippen MR) is 53.3 cm³/mol. The zero-order valence-electron chi connectivity index (χ0n) is 9.43. The van der Waals surface area contributed by atoms with Crippen LogP contribution in [0.4, 0.5) is 4.39 Å². The highest BCUT2D eigenvalue weighted by atomic mass is 19.1. The molecule has 0 aromatic heterocycles. The summed E-state index contributed by atoms with van der Waals surface area (Å²) >= 11 is 0. The van der Waals surface area contributed by atoms with Crippen molar-refractivity contribution in [3.05, 3.63) is 0 Å². The summed E-state index contributed by atoms with van der Waals surface area (Å²) in [6, 6.07) is 0. The Hall–Kier alpha value is -0.270. The van der Waals surface area contributed by atoms with Gasteiger partial charge in [0, 0.05) is 6.42 Å². The van der Waals surface area contributed by atoms with E-state index in [1.807, 2.05) is 0 Å². The van der Waals surface area contributed by atoms with Crippen LogP contribution in [0.3, 0.4) is 0 Å². The SMILES string of the molecule is CCC(C)(F)C1(O)CC(O)C(O)C(CO)O1. The van der Waals surface area contributed by atoms with Gasteiger partial charge in [0.2, 0.25) is 5.79 Å². The molecule has 0 aromatic rings. The molecule has 96 valence electrons. The van der Waals surface area contributed by atoms with E-state index in [1.54, 1.807) is 0 Å². The minimum Gasteiger partial charge on any atom is -0.394 e. The van der Waals surface area contributed by atoms with Gasteiger partial charge < -0.3 is 25.2 Å². The summed E-state index contributed by atoms with van der Waals surface area (Å²) in [5.74, 6) is -2.19. The normalized spacial score (nSPS) is 44.1. The summed E-state index contributed by atoms with van der Waals surface area (Å²) in [5.41, 5.74) is -2.05. The molecule has 5 unspecified atom stereocenters. The number of hydrogen-bond acceptors (Lipinski definition) is 5. The Morgan fingerprint density at radius 1 is 1.50 bits per heavy atom. The lowest BCUT2D eigenvalue weighted by Gasteiger charge is -2.47. The summed E-state index contributed by atoms with van der Waals surface area (Å²) in [7, 11) is 0. The average Bonchev–Trinajstić information content (AvgIpc) is 2.23. The summed E-state index contributed by atoms with van der Waals surface area (Å²) in [4.78, 5) is 0. The molecule has 0 bridgehead atoms. The second-order valence-electron chi connectivity index (χ2n) is 4.44. The molecule has 5 atom stereocenters. The van der Waals surface area contributed by atoms with Crippen molar-refractivity contribution < 1.29 is 29.6 Å². The molecule has 1 rings (SSSR count). The van der Waals surface area contributed by atoms with Gasteiger partial charge in [-0.25, -0.2) is 4.39 Å². The van der Waals surface area contributed by atoms with Crippen LogP contribution < -0.4 is 0 Å². The van der Waals surface area contributed by atoms with Gasteiger partial charge in [0.15, 0.2) is 5.67 Å². The maximum absolute atomic E-state index is 14.1. The molecule has 6 heteroatoms. The molecule has 1 fully saturated rings. The third-order valence-electron chi connectivity index (χ3n) is 3.27. The van der Waals surface area contributed by atoms with E-state index in [-0.39, 0.29) is 6.42 Å². The van der Waals surface area contributed by atoms with Crippen molar-refractivity contribution >= 4 is 0 Å². The highest BCUT2D eigenvalue weighted by Gasteiger charge is 2.55. The third-order valence-corrected chi connectivity index (χ3v) is 3.27. The standard InChI is InChI=1S/C10H19FO5/c1-3-9(2,11)10(15)4-6(13)8(14)7(5-12)16-10/h6-8,12-15H,3-5H2,1-2H3. The van der Waals surface area contributed by atoms with Gasteiger partial charge in [0.1, 0.15) is 12.2 Å². The van der Waals surface area contributed by atoms with Crippen LogP contribution in [0.15, 0.2) is 0 Å². The number of alkyl halides is 1. The molecular weight excluding hydrogens is 219 g/mol. The monoisotopic (exact) mass is 238 g/mol. The van der Waals surface area contributed by atoms with E-state index in [1.165, 1.54) is 6.92 Å². The lowest BCUT2D eigenvalue weighted by atomic mass is 9.84. The third kappa shape index (κ3) is 2.21. The second-order valence-corrected chi connectivity index (χ2v) is 4.44. The van der Waals surface area contributed by atoms with E-state index in [2.05, 4.69) is 0 Å². The van der Waals surface area contributed by atoms with Gasteiger partial charge in [-0.2, -0.15) is 0 Å². The van der Waals surface area contributed by atoms with Gasteiger partial charge in [0.05, 0.1) is 12.7 Å². The van der Waals surface area contributed by atoms with Crippen molar-refractivity contribution in [2.75, 3.05) is 6.61 Å². The zero-order chi connectivity index (χ0) is 12.6. The Bertz CT molecular complexity index is 247. The molecule has 1 aliphatic rings. The fourth-order valence-electron chi connectivity index (χ4n) is 1.78. The molecule has 0 amide bonds. The smallest absolute Gasteiger partial charge is 0.203 e. The van der Waals surface area contributed by atoms with Crippen LogP contribution in [-0.4, -0.2) is 56.8 Å². The Balaban J connectivity index is 2.91. The van der Waals surface area contributed by atoms with Gasteiger partial charge in [-0.15, -0.1) is 0 Å². The topological polar surface area (TPSA) is 90.2 Å². The number of aliphatic hydroxyl groups is 4. The predicted octanol–water partition coefficient (Wildman–Crippen LogP) is -0.684. The number of hydrogen-bond donors (Lipinski definition) is 4. The largest absolute Gasteiger partial charge is 0.394 e. The molecule has 5 nitrogen and oxygen atoms in total. The van der Waals surface area contributed by atoms with Crippen molar-refractivity contribution in [2.24, 2.45) is 0 Å². The lowest BCUT2D eigenvalue weighted by Crippen LogP contribution is -2.63. The van der Waals surface area contributed by atoms with Crippen LogP contribution >= 0.6 is 0 Å². The molecule has 0 saturated carbocycles. The van der Waals surface area contributed by atoms with Gasteiger partial charge in [0.25, 0.3) is 0 Å². The molecule has 1 heterocycles. The molecule has 0 aliphatic carbocycles. The van der Waals surface area contributed by atoms with Crippen LogP contribution in [-0.2, 0) is 4.74 Å². The van der Waals surface area contributed by atoms with Crippen LogP contribution in [0.2, 0.25) is 0 Å². The molecule has 1 aliphatic heterocycles. The fraction of sp³-hybridized carbons (Fsp3) is 1.00. The van der Waals surface area contributed by atoms with Crippen LogP contribution in [0.5, 0.6) is 0 Å². The molecule has 0 spiro atoms. The Kier molecular flexibility index (Phi) is 3.91. The zero-order valence-corrected chi connectivity index (χ0v) is 9.43. The van der Waals surface area contributed by atoms with E-state index in [9.17, 15) is 19.7 Å². The number of halogens is 1. The maximum atomic E-state index is 14.1. The highest BCUT2D eigenvalue weighted by Crippen LogP contribution is 2.39. The van der Waals surface area contributed by atoms with Gasteiger partial charge in [-0.1, -0.05) is 6.92 Å². The first-order chi connectivity index (χ1) is 7.27. The van der Waals surface area contributed by atoms with Crippen molar-refractivity contribution in [1.29, 1.82) is 0 Å². The number of rotatable bonds is 3. The first-order valence-electron chi connectivity index (χ1n) is 5.33. The van der Waals surface area contributed by atoms with E-state index < -0.39 is 42.8 Å². The molecule has 1 saturated heterocycles. The second kappa shape index (κ2) is 4.54. The molecule has 16 heavy (non-hydrogen) atoms. The molecule has 0 aromatic carbocycles. The Morgan fingerprint density at radius 2 is 2.06 bits per heavy atom. The van der Waals surface area contributed by atoms with Crippen LogP contribution in [0.25, 0.3) is 0 Å². The van der Waals surface area contributed by atoms with Gasteiger partial charge in [-0.3, -0.25) is 0 Å². The summed E-state index contributed by atoms with van der Waals surface area (Å²) < 4.78 is 19.0. The first-order valence-corrected chi connectivity index (χ1v) is 5.33. The molecule has 0 radical (unpaired) electrons. The summed E-state index contributed by atoms with van der Waals surface area (Å²) in [6.45, 7) is 2.10. The van der Waals surface area contributed by atoms with Crippen molar-refractivity contribution in [3.63, 3.8) is 0 Å². The minimum atomic E-state index is -2.19. The fourth-order valence-corrected chi connectivity index (χ4v) is 1.78. The number of aliphatic hydroxyl groups excluding tert-OH is 3. The van der Waals surface area contributed by atoms with Crippen molar-refractivity contribution in [1.82, 2.24) is 0 Å². The van der Waals surface area contributed by atoms with Crippen molar-refractivity contribution in [3.8, 4) is 0 Å².